The number of benzene rings is 1. The summed E-state index contributed by atoms with van der Waals surface area (Å²) in [4.78, 5) is 7.68. The second-order valence-corrected chi connectivity index (χ2v) is 7.30. The van der Waals surface area contributed by atoms with Crippen molar-refractivity contribution in [1.82, 2.24) is 14.8 Å². The van der Waals surface area contributed by atoms with Crippen molar-refractivity contribution in [3.8, 4) is 0 Å². The van der Waals surface area contributed by atoms with E-state index in [1.807, 2.05) is 49.3 Å². The summed E-state index contributed by atoms with van der Waals surface area (Å²) >= 11 is 0. The van der Waals surface area contributed by atoms with Gasteiger partial charge in [0.2, 0.25) is 0 Å². The highest BCUT2D eigenvalue weighted by atomic mass is 19.4. The minimum absolute atomic E-state index is 0.129. The number of likely N-dealkylation sites (tertiary alicyclic amines) is 1. The van der Waals surface area contributed by atoms with Gasteiger partial charge in [-0.25, -0.2) is 0 Å². The fourth-order valence-electron chi connectivity index (χ4n) is 3.72. The molecule has 2 atom stereocenters. The van der Waals surface area contributed by atoms with Crippen LogP contribution < -0.4 is 0 Å². The van der Waals surface area contributed by atoms with Gasteiger partial charge in [0.25, 0.3) is 0 Å². The van der Waals surface area contributed by atoms with Gasteiger partial charge >= 0.3 is 6.18 Å². The first-order chi connectivity index (χ1) is 12.7. The number of hydrogen-bond donors (Lipinski definition) is 1. The Morgan fingerprint density at radius 3 is 2.44 bits per heavy atom. The first kappa shape index (κ1) is 19.8. The number of pyridine rings is 1. The summed E-state index contributed by atoms with van der Waals surface area (Å²) in [5.41, 5.74) is -0.223. The molecule has 0 aliphatic carbocycles. The van der Waals surface area contributed by atoms with Crippen LogP contribution in [0.5, 0.6) is 0 Å². The van der Waals surface area contributed by atoms with Crippen molar-refractivity contribution in [2.75, 3.05) is 27.2 Å². The second-order valence-electron chi connectivity index (χ2n) is 7.30. The summed E-state index contributed by atoms with van der Waals surface area (Å²) < 4.78 is 38.0. The minimum Gasteiger partial charge on any atom is -0.383 e. The quantitative estimate of drug-likeness (QED) is 0.886. The lowest BCUT2D eigenvalue weighted by molar-refractivity contribution is -0.141. The molecule has 146 valence electrons. The molecule has 2 aromatic rings. The van der Waals surface area contributed by atoms with Gasteiger partial charge in [0.05, 0.1) is 6.04 Å². The van der Waals surface area contributed by atoms with Gasteiger partial charge in [-0.15, -0.1) is 0 Å². The van der Waals surface area contributed by atoms with Gasteiger partial charge in [0.15, 0.2) is 0 Å². The molecule has 0 radical (unpaired) electrons. The molecular formula is C20H24F3N3O. The molecule has 1 saturated heterocycles. The van der Waals surface area contributed by atoms with Crippen molar-refractivity contribution < 1.29 is 18.3 Å². The van der Waals surface area contributed by atoms with Crippen LogP contribution in [0.1, 0.15) is 23.2 Å². The van der Waals surface area contributed by atoms with E-state index in [1.54, 1.807) is 0 Å². The number of likely N-dealkylation sites (N-methyl/N-ethyl adjacent to an activating group) is 1. The summed E-state index contributed by atoms with van der Waals surface area (Å²) in [6.07, 6.45) is -2.59. The smallest absolute Gasteiger partial charge is 0.383 e. The number of alkyl halides is 3. The number of piperidine rings is 1. The van der Waals surface area contributed by atoms with E-state index in [0.29, 0.717) is 26.1 Å². The molecule has 1 aliphatic heterocycles. The van der Waals surface area contributed by atoms with Crippen LogP contribution in [0, 0.1) is 0 Å². The molecule has 1 aliphatic rings. The third-order valence-corrected chi connectivity index (χ3v) is 5.21. The average molecular weight is 379 g/mol. The topological polar surface area (TPSA) is 39.6 Å². The third kappa shape index (κ3) is 4.31. The molecule has 27 heavy (non-hydrogen) atoms. The SMILES string of the molecule is CN(C)[C@@H]1CN(Cc2ccc(C(F)(F)F)nc2)CC[C@]1(O)c1ccccc1. The number of nitrogens with zero attached hydrogens (tertiary/aromatic N) is 3. The highest BCUT2D eigenvalue weighted by molar-refractivity contribution is 5.26. The Morgan fingerprint density at radius 2 is 1.89 bits per heavy atom. The molecule has 1 aromatic carbocycles. The predicted octanol–water partition coefficient (Wildman–Crippen LogP) is 3.12. The molecule has 0 bridgehead atoms. The minimum atomic E-state index is -4.42. The van der Waals surface area contributed by atoms with Crippen molar-refractivity contribution in [1.29, 1.82) is 0 Å². The lowest BCUT2D eigenvalue weighted by Gasteiger charge is -2.47. The molecule has 1 N–H and O–H groups in total. The van der Waals surface area contributed by atoms with Crippen molar-refractivity contribution in [3.63, 3.8) is 0 Å². The number of aliphatic hydroxyl groups is 1. The van der Waals surface area contributed by atoms with Gasteiger partial charge in [-0.3, -0.25) is 9.88 Å². The van der Waals surface area contributed by atoms with Crippen LogP contribution in [0.2, 0.25) is 0 Å². The standard InChI is InChI=1S/C20H24F3N3O/c1-25(2)18-14-26(11-10-19(18,27)16-6-4-3-5-7-16)13-15-8-9-17(24-12-15)20(21,22)23/h3-9,12,18,27H,10-11,13-14H2,1-2H3/t18-,19+/m1/s1. The van der Waals surface area contributed by atoms with E-state index in [9.17, 15) is 18.3 Å². The molecule has 1 fully saturated rings. The highest BCUT2D eigenvalue weighted by Gasteiger charge is 2.44. The van der Waals surface area contributed by atoms with E-state index >= 15 is 0 Å². The van der Waals surface area contributed by atoms with Crippen LogP contribution in [0.25, 0.3) is 0 Å². The molecule has 3 rings (SSSR count). The van der Waals surface area contributed by atoms with Gasteiger partial charge in [-0.05, 0) is 37.7 Å². The molecule has 0 amide bonds. The molecule has 0 saturated carbocycles. The maximum Gasteiger partial charge on any atom is 0.433 e. The predicted molar refractivity (Wildman–Crippen MR) is 96.9 cm³/mol. The summed E-state index contributed by atoms with van der Waals surface area (Å²) in [7, 11) is 3.86. The molecule has 7 heteroatoms. The van der Waals surface area contributed by atoms with Gasteiger partial charge in [0.1, 0.15) is 11.3 Å². The maximum atomic E-state index is 12.7. The van der Waals surface area contributed by atoms with Crippen LogP contribution in [0.3, 0.4) is 0 Å². The lowest BCUT2D eigenvalue weighted by Crippen LogP contribution is -2.58. The second kappa shape index (κ2) is 7.58. The Morgan fingerprint density at radius 1 is 1.19 bits per heavy atom. The fourth-order valence-corrected chi connectivity index (χ4v) is 3.72. The molecule has 4 nitrogen and oxygen atoms in total. The Bertz CT molecular complexity index is 749. The summed E-state index contributed by atoms with van der Waals surface area (Å²) in [6.45, 7) is 1.76. The van der Waals surface area contributed by atoms with Crippen LogP contribution in [0.4, 0.5) is 13.2 Å². The van der Waals surface area contributed by atoms with E-state index < -0.39 is 17.5 Å². The van der Waals surface area contributed by atoms with Crippen LogP contribution in [-0.2, 0) is 18.3 Å². The number of hydrogen-bond acceptors (Lipinski definition) is 4. The molecule has 2 heterocycles. The zero-order valence-electron chi connectivity index (χ0n) is 15.4. The van der Waals surface area contributed by atoms with E-state index in [4.69, 9.17) is 0 Å². The van der Waals surface area contributed by atoms with Crippen molar-refractivity contribution in [2.45, 2.75) is 30.8 Å². The Labute approximate surface area is 157 Å². The number of aromatic nitrogens is 1. The first-order valence-corrected chi connectivity index (χ1v) is 8.89. The van der Waals surface area contributed by atoms with E-state index in [1.165, 1.54) is 12.3 Å². The van der Waals surface area contributed by atoms with Crippen molar-refractivity contribution in [3.05, 3.63) is 65.5 Å². The zero-order valence-corrected chi connectivity index (χ0v) is 15.4. The van der Waals surface area contributed by atoms with Gasteiger partial charge < -0.3 is 10.0 Å². The van der Waals surface area contributed by atoms with Gasteiger partial charge in [-0.2, -0.15) is 13.2 Å². The van der Waals surface area contributed by atoms with E-state index in [-0.39, 0.29) is 6.04 Å². The van der Waals surface area contributed by atoms with Crippen LogP contribution in [0.15, 0.2) is 48.7 Å². The van der Waals surface area contributed by atoms with E-state index in [2.05, 4.69) is 9.88 Å². The monoisotopic (exact) mass is 379 g/mol. The van der Waals surface area contributed by atoms with E-state index in [0.717, 1.165) is 17.2 Å². The zero-order chi connectivity index (χ0) is 19.7. The molecule has 0 unspecified atom stereocenters. The summed E-state index contributed by atoms with van der Waals surface area (Å²) in [5.74, 6) is 0. The van der Waals surface area contributed by atoms with Crippen molar-refractivity contribution >= 4 is 0 Å². The lowest BCUT2D eigenvalue weighted by atomic mass is 9.79. The molecule has 1 aromatic heterocycles. The van der Waals surface area contributed by atoms with Crippen LogP contribution in [-0.4, -0.2) is 53.1 Å². The normalized spacial score (nSPS) is 24.3. The van der Waals surface area contributed by atoms with Gasteiger partial charge in [-0.1, -0.05) is 36.4 Å². The number of rotatable bonds is 4. The third-order valence-electron chi connectivity index (χ3n) is 5.21. The van der Waals surface area contributed by atoms with Gasteiger partial charge in [0, 0.05) is 25.8 Å². The fraction of sp³-hybridized carbons (Fsp3) is 0.450. The average Bonchev–Trinajstić information content (AvgIpc) is 2.63. The molecular weight excluding hydrogens is 355 g/mol. The Balaban J connectivity index is 1.74. The summed E-state index contributed by atoms with van der Waals surface area (Å²) in [6, 6.07) is 12.0. The molecule has 0 spiro atoms. The Kier molecular flexibility index (Phi) is 5.55. The maximum absolute atomic E-state index is 12.7. The van der Waals surface area contributed by atoms with Crippen molar-refractivity contribution in [2.24, 2.45) is 0 Å². The largest absolute Gasteiger partial charge is 0.433 e. The van der Waals surface area contributed by atoms with Crippen LogP contribution >= 0.6 is 0 Å². The highest BCUT2D eigenvalue weighted by Crippen LogP contribution is 2.35. The summed E-state index contributed by atoms with van der Waals surface area (Å²) in [5, 5.41) is 11.4. The Hall–Kier alpha value is -1.96. The number of halogens is 3. The first-order valence-electron chi connectivity index (χ1n) is 8.89.